The lowest BCUT2D eigenvalue weighted by atomic mass is 9.99. The van der Waals surface area contributed by atoms with Crippen molar-refractivity contribution in [3.05, 3.63) is 78.1 Å². The topological polar surface area (TPSA) is 37.8 Å². The van der Waals surface area contributed by atoms with Gasteiger partial charge in [0, 0.05) is 11.5 Å². The van der Waals surface area contributed by atoms with E-state index in [0.717, 1.165) is 5.13 Å². The summed E-state index contributed by atoms with van der Waals surface area (Å²) in [6.45, 7) is 0. The van der Waals surface area contributed by atoms with E-state index in [9.17, 15) is 0 Å². The molecule has 0 aliphatic heterocycles. The molecule has 0 spiro atoms. The van der Waals surface area contributed by atoms with Crippen molar-refractivity contribution in [1.82, 2.24) is 9.36 Å². The van der Waals surface area contributed by atoms with Crippen molar-refractivity contribution in [1.29, 1.82) is 0 Å². The highest BCUT2D eigenvalue weighted by Crippen LogP contribution is 2.26. The first-order valence-electron chi connectivity index (χ1n) is 6.06. The molecule has 94 valence electrons. The molecule has 1 heterocycles. The highest BCUT2D eigenvalue weighted by Gasteiger charge is 2.14. The predicted octanol–water partition coefficient (Wildman–Crippen LogP) is 3.74. The Labute approximate surface area is 116 Å². The number of anilines is 1. The fraction of sp³-hybridized carbons (Fsp3) is 0.0667. The lowest BCUT2D eigenvalue weighted by molar-refractivity contribution is 0.935. The molecule has 1 aromatic heterocycles. The number of aromatic nitrogens is 2. The zero-order valence-corrected chi connectivity index (χ0v) is 11.0. The molecular formula is C15H13N3S. The smallest absolute Gasteiger partial charge is 0.203 e. The third-order valence-corrected chi connectivity index (χ3v) is 3.49. The minimum absolute atomic E-state index is 0.0929. The molecule has 19 heavy (non-hydrogen) atoms. The van der Waals surface area contributed by atoms with Crippen molar-refractivity contribution in [2.24, 2.45) is 0 Å². The summed E-state index contributed by atoms with van der Waals surface area (Å²) in [5.41, 5.74) is 2.42. The van der Waals surface area contributed by atoms with E-state index in [4.69, 9.17) is 0 Å². The molecule has 0 fully saturated rings. The Kier molecular flexibility index (Phi) is 3.51. The van der Waals surface area contributed by atoms with Crippen LogP contribution in [0.15, 0.2) is 67.0 Å². The maximum atomic E-state index is 4.20. The van der Waals surface area contributed by atoms with Crippen LogP contribution in [0.25, 0.3) is 0 Å². The van der Waals surface area contributed by atoms with Gasteiger partial charge in [0.25, 0.3) is 0 Å². The number of hydrogen-bond acceptors (Lipinski definition) is 4. The van der Waals surface area contributed by atoms with Crippen molar-refractivity contribution < 1.29 is 0 Å². The van der Waals surface area contributed by atoms with Gasteiger partial charge in [-0.2, -0.15) is 4.37 Å². The zero-order chi connectivity index (χ0) is 12.9. The number of rotatable bonds is 4. The van der Waals surface area contributed by atoms with E-state index in [1.165, 1.54) is 22.7 Å². The lowest BCUT2D eigenvalue weighted by Crippen LogP contribution is -2.11. The Hall–Kier alpha value is -2.20. The Morgan fingerprint density at radius 3 is 1.89 bits per heavy atom. The Bertz CT molecular complexity index is 569. The molecule has 3 aromatic rings. The Morgan fingerprint density at radius 1 is 0.842 bits per heavy atom. The van der Waals surface area contributed by atoms with Crippen LogP contribution in [0, 0.1) is 0 Å². The van der Waals surface area contributed by atoms with Crippen molar-refractivity contribution in [3.8, 4) is 0 Å². The monoisotopic (exact) mass is 267 g/mol. The van der Waals surface area contributed by atoms with Crippen LogP contribution in [0.1, 0.15) is 17.2 Å². The third-order valence-electron chi connectivity index (χ3n) is 2.89. The van der Waals surface area contributed by atoms with Crippen molar-refractivity contribution >= 4 is 16.7 Å². The largest absolute Gasteiger partial charge is 0.349 e. The quantitative estimate of drug-likeness (QED) is 0.782. The first-order chi connectivity index (χ1) is 9.43. The van der Waals surface area contributed by atoms with Crippen molar-refractivity contribution in [2.45, 2.75) is 6.04 Å². The zero-order valence-electron chi connectivity index (χ0n) is 10.2. The van der Waals surface area contributed by atoms with Crippen LogP contribution in [-0.2, 0) is 0 Å². The molecule has 3 rings (SSSR count). The number of nitrogens with one attached hydrogen (secondary N) is 1. The van der Waals surface area contributed by atoms with E-state index >= 15 is 0 Å². The lowest BCUT2D eigenvalue weighted by Gasteiger charge is -2.18. The molecule has 0 amide bonds. The SMILES string of the molecule is c1ccc(C(Nc2ncns2)c2ccccc2)cc1. The van der Waals surface area contributed by atoms with E-state index in [2.05, 4.69) is 38.9 Å². The van der Waals surface area contributed by atoms with Gasteiger partial charge in [0.1, 0.15) is 6.33 Å². The minimum atomic E-state index is 0.0929. The van der Waals surface area contributed by atoms with Crippen LogP contribution in [0.4, 0.5) is 5.13 Å². The van der Waals surface area contributed by atoms with Gasteiger partial charge in [-0.15, -0.1) is 0 Å². The van der Waals surface area contributed by atoms with E-state index in [1.54, 1.807) is 6.33 Å². The summed E-state index contributed by atoms with van der Waals surface area (Å²) >= 11 is 1.37. The van der Waals surface area contributed by atoms with Crippen LogP contribution in [0.2, 0.25) is 0 Å². The van der Waals surface area contributed by atoms with Crippen LogP contribution in [-0.4, -0.2) is 9.36 Å². The molecule has 3 nitrogen and oxygen atoms in total. The first kappa shape index (κ1) is 11.9. The summed E-state index contributed by atoms with van der Waals surface area (Å²) in [6.07, 6.45) is 1.57. The second-order valence-corrected chi connectivity index (χ2v) is 4.93. The fourth-order valence-electron chi connectivity index (χ4n) is 2.01. The molecule has 0 bridgehead atoms. The van der Waals surface area contributed by atoms with Gasteiger partial charge in [-0.05, 0) is 11.1 Å². The Morgan fingerprint density at radius 2 is 1.42 bits per heavy atom. The van der Waals surface area contributed by atoms with Crippen LogP contribution in [0.5, 0.6) is 0 Å². The number of nitrogens with zero attached hydrogens (tertiary/aromatic N) is 2. The second kappa shape index (κ2) is 5.63. The van der Waals surface area contributed by atoms with Crippen LogP contribution >= 0.6 is 11.5 Å². The van der Waals surface area contributed by atoms with E-state index in [1.807, 2.05) is 36.4 Å². The summed E-state index contributed by atoms with van der Waals surface area (Å²) in [6, 6.07) is 20.8. The minimum Gasteiger partial charge on any atom is -0.349 e. The molecule has 2 aromatic carbocycles. The summed E-state index contributed by atoms with van der Waals surface area (Å²) in [5, 5.41) is 4.27. The first-order valence-corrected chi connectivity index (χ1v) is 6.84. The molecule has 0 atom stereocenters. The van der Waals surface area contributed by atoms with E-state index in [-0.39, 0.29) is 6.04 Å². The molecule has 0 aliphatic carbocycles. The molecule has 0 saturated carbocycles. The summed E-state index contributed by atoms with van der Waals surface area (Å²) < 4.78 is 4.03. The van der Waals surface area contributed by atoms with Gasteiger partial charge in [0.2, 0.25) is 5.13 Å². The van der Waals surface area contributed by atoms with Gasteiger partial charge in [-0.3, -0.25) is 0 Å². The highest BCUT2D eigenvalue weighted by atomic mass is 32.1. The van der Waals surface area contributed by atoms with Crippen molar-refractivity contribution in [3.63, 3.8) is 0 Å². The average molecular weight is 267 g/mol. The average Bonchev–Trinajstić information content (AvgIpc) is 3.00. The van der Waals surface area contributed by atoms with E-state index in [0.29, 0.717) is 0 Å². The Balaban J connectivity index is 1.96. The molecule has 0 saturated heterocycles. The van der Waals surface area contributed by atoms with Gasteiger partial charge in [-0.1, -0.05) is 60.7 Å². The highest BCUT2D eigenvalue weighted by molar-refractivity contribution is 7.09. The van der Waals surface area contributed by atoms with Gasteiger partial charge in [0.15, 0.2) is 0 Å². The molecule has 1 N–H and O–H groups in total. The number of benzene rings is 2. The molecule has 0 aliphatic rings. The summed E-state index contributed by atoms with van der Waals surface area (Å²) in [4.78, 5) is 4.20. The maximum Gasteiger partial charge on any atom is 0.203 e. The van der Waals surface area contributed by atoms with Gasteiger partial charge < -0.3 is 5.32 Å². The third kappa shape index (κ3) is 2.80. The molecule has 4 heteroatoms. The van der Waals surface area contributed by atoms with E-state index < -0.39 is 0 Å². The molecule has 0 radical (unpaired) electrons. The molecular weight excluding hydrogens is 254 g/mol. The normalized spacial score (nSPS) is 10.6. The molecule has 0 unspecified atom stereocenters. The second-order valence-electron chi connectivity index (χ2n) is 4.15. The standard InChI is InChI=1S/C15H13N3S/c1-3-7-12(8-4-1)14(13-9-5-2-6-10-13)18-15-16-11-17-19-15/h1-11,14H,(H,16,17,18). The van der Waals surface area contributed by atoms with Crippen molar-refractivity contribution in [2.75, 3.05) is 5.32 Å². The summed E-state index contributed by atoms with van der Waals surface area (Å²) in [5.74, 6) is 0. The van der Waals surface area contributed by atoms with Gasteiger partial charge in [0.05, 0.1) is 6.04 Å². The van der Waals surface area contributed by atoms with Gasteiger partial charge in [-0.25, -0.2) is 4.98 Å². The summed E-state index contributed by atoms with van der Waals surface area (Å²) in [7, 11) is 0. The van der Waals surface area contributed by atoms with Crippen LogP contribution < -0.4 is 5.32 Å². The number of hydrogen-bond donors (Lipinski definition) is 1. The fourth-order valence-corrected chi connectivity index (χ4v) is 2.47. The predicted molar refractivity (Wildman–Crippen MR) is 78.3 cm³/mol. The van der Waals surface area contributed by atoms with Crippen LogP contribution in [0.3, 0.4) is 0 Å². The maximum absolute atomic E-state index is 4.20. The van der Waals surface area contributed by atoms with Gasteiger partial charge >= 0.3 is 0 Å².